The lowest BCUT2D eigenvalue weighted by Gasteiger charge is -2.31. The molecule has 1 aliphatic carbocycles. The Morgan fingerprint density at radius 1 is 1.34 bits per heavy atom. The van der Waals surface area contributed by atoms with E-state index in [-0.39, 0.29) is 60.6 Å². The smallest absolute Gasteiger partial charge is 0.343 e. The number of fused-ring (bicyclic) bond motifs is 5. The Morgan fingerprint density at radius 2 is 2.13 bits per heavy atom. The van der Waals surface area contributed by atoms with Crippen LogP contribution in [-0.4, -0.2) is 33.1 Å². The van der Waals surface area contributed by atoms with Gasteiger partial charge in [0.25, 0.3) is 5.56 Å². The first-order valence-electron chi connectivity index (χ1n) is 12.6. The molecule has 3 aliphatic rings. The van der Waals surface area contributed by atoms with Gasteiger partial charge in [-0.25, -0.2) is 14.2 Å². The van der Waals surface area contributed by atoms with Gasteiger partial charge < -0.3 is 25.0 Å². The number of aromatic nitrogens is 2. The second-order valence-corrected chi connectivity index (χ2v) is 10.1. The molecule has 9 nitrogen and oxygen atoms in total. The molecule has 2 aromatic heterocycles. The molecule has 196 valence electrons. The number of hydrogen-bond donors (Lipinski definition) is 3. The summed E-state index contributed by atoms with van der Waals surface area (Å²) in [4.78, 5) is 43.6. The van der Waals surface area contributed by atoms with Crippen molar-refractivity contribution in [3.63, 3.8) is 0 Å². The highest BCUT2D eigenvalue weighted by molar-refractivity contribution is 5.94. The third-order valence-electron chi connectivity index (χ3n) is 8.12. The maximum absolute atomic E-state index is 15.0. The molecule has 0 saturated heterocycles. The SMILES string of the molecule is C=CNCC(=O)N[C@H]1CCc2c(C)c(F)cc3nc4c(c1c23)Cn1c-4cc2c(c1=O)COC(=O)[C@]2(O)CC. The Bertz CT molecular complexity index is 1650. The number of carbonyl (C=O) groups is 2. The number of aliphatic hydroxyl groups is 1. The van der Waals surface area contributed by atoms with Crippen molar-refractivity contribution in [3.05, 3.63) is 74.5 Å². The molecule has 0 unspecified atom stereocenters. The van der Waals surface area contributed by atoms with Gasteiger partial charge in [-0.15, -0.1) is 0 Å². The first-order chi connectivity index (χ1) is 18.2. The number of rotatable bonds is 5. The summed E-state index contributed by atoms with van der Waals surface area (Å²) in [5, 5.41) is 17.8. The number of cyclic esters (lactones) is 1. The van der Waals surface area contributed by atoms with Crippen molar-refractivity contribution in [2.24, 2.45) is 0 Å². The van der Waals surface area contributed by atoms with E-state index in [1.165, 1.54) is 12.3 Å². The number of halogens is 1. The number of benzene rings is 1. The summed E-state index contributed by atoms with van der Waals surface area (Å²) in [6.45, 7) is 6.99. The van der Waals surface area contributed by atoms with E-state index in [1.807, 2.05) is 0 Å². The van der Waals surface area contributed by atoms with E-state index in [0.717, 1.165) is 22.1 Å². The molecular formula is C28H27FN4O5. The van der Waals surface area contributed by atoms with Gasteiger partial charge in [0.2, 0.25) is 5.91 Å². The molecule has 6 rings (SSSR count). The van der Waals surface area contributed by atoms with E-state index < -0.39 is 11.6 Å². The number of amides is 1. The van der Waals surface area contributed by atoms with Crippen LogP contribution in [0.5, 0.6) is 0 Å². The molecule has 1 aromatic carbocycles. The topological polar surface area (TPSA) is 123 Å². The third-order valence-corrected chi connectivity index (χ3v) is 8.12. The molecule has 2 atom stereocenters. The lowest BCUT2D eigenvalue weighted by Crippen LogP contribution is -2.44. The van der Waals surface area contributed by atoms with Gasteiger partial charge in [-0.3, -0.25) is 9.59 Å². The lowest BCUT2D eigenvalue weighted by atomic mass is 9.81. The second kappa shape index (κ2) is 8.49. The van der Waals surface area contributed by atoms with E-state index in [4.69, 9.17) is 9.72 Å². The Balaban J connectivity index is 1.61. The molecular weight excluding hydrogens is 491 g/mol. The molecule has 3 aromatic rings. The highest BCUT2D eigenvalue weighted by Crippen LogP contribution is 2.45. The third kappa shape index (κ3) is 3.26. The number of nitrogens with zero attached hydrogens (tertiary/aromatic N) is 2. The van der Waals surface area contributed by atoms with E-state index >= 15 is 0 Å². The Hall–Kier alpha value is -4.05. The van der Waals surface area contributed by atoms with Gasteiger partial charge in [0, 0.05) is 22.6 Å². The fourth-order valence-corrected chi connectivity index (χ4v) is 6.11. The molecule has 0 spiro atoms. The molecule has 4 heterocycles. The Labute approximate surface area is 217 Å². The number of aryl methyl sites for hydroxylation is 1. The number of ether oxygens (including phenoxy) is 1. The molecule has 1 amide bonds. The fourth-order valence-electron chi connectivity index (χ4n) is 6.11. The van der Waals surface area contributed by atoms with E-state index in [0.29, 0.717) is 35.3 Å². The van der Waals surface area contributed by atoms with Crippen molar-refractivity contribution < 1.29 is 23.8 Å². The number of esters is 1. The average molecular weight is 519 g/mol. The van der Waals surface area contributed by atoms with Gasteiger partial charge in [0.05, 0.1) is 41.6 Å². The predicted octanol–water partition coefficient (Wildman–Crippen LogP) is 2.36. The monoisotopic (exact) mass is 518 g/mol. The molecule has 0 radical (unpaired) electrons. The van der Waals surface area contributed by atoms with Crippen LogP contribution in [0.1, 0.15) is 59.2 Å². The zero-order valence-electron chi connectivity index (χ0n) is 21.1. The minimum Gasteiger partial charge on any atom is -0.458 e. The highest BCUT2D eigenvalue weighted by Gasteiger charge is 2.46. The summed E-state index contributed by atoms with van der Waals surface area (Å²) in [6.07, 6.45) is 2.60. The summed E-state index contributed by atoms with van der Waals surface area (Å²) in [6, 6.07) is 2.65. The van der Waals surface area contributed by atoms with Crippen molar-refractivity contribution in [1.29, 1.82) is 0 Å². The number of carbonyl (C=O) groups excluding carboxylic acids is 2. The summed E-state index contributed by atoms with van der Waals surface area (Å²) in [5.74, 6) is -1.38. The lowest BCUT2D eigenvalue weighted by molar-refractivity contribution is -0.172. The van der Waals surface area contributed by atoms with Crippen LogP contribution in [0.2, 0.25) is 0 Å². The van der Waals surface area contributed by atoms with E-state index in [9.17, 15) is 23.9 Å². The minimum absolute atomic E-state index is 0.0334. The van der Waals surface area contributed by atoms with Gasteiger partial charge in [0.15, 0.2) is 5.60 Å². The maximum atomic E-state index is 15.0. The van der Waals surface area contributed by atoms with Gasteiger partial charge in [0.1, 0.15) is 12.4 Å². The number of nitrogens with one attached hydrogen (secondary N) is 2. The van der Waals surface area contributed by atoms with Gasteiger partial charge in [-0.05, 0) is 55.1 Å². The average Bonchev–Trinajstić information content (AvgIpc) is 3.27. The summed E-state index contributed by atoms with van der Waals surface area (Å²) >= 11 is 0. The van der Waals surface area contributed by atoms with Crippen molar-refractivity contribution in [3.8, 4) is 11.4 Å². The Morgan fingerprint density at radius 3 is 2.87 bits per heavy atom. The first-order valence-corrected chi connectivity index (χ1v) is 12.6. The van der Waals surface area contributed by atoms with Gasteiger partial charge in [-0.2, -0.15) is 0 Å². The van der Waals surface area contributed by atoms with Crippen molar-refractivity contribution in [1.82, 2.24) is 20.2 Å². The molecule has 0 saturated carbocycles. The van der Waals surface area contributed by atoms with Crippen LogP contribution in [0, 0.1) is 12.7 Å². The van der Waals surface area contributed by atoms with Crippen molar-refractivity contribution in [2.75, 3.05) is 6.54 Å². The molecule has 0 fully saturated rings. The maximum Gasteiger partial charge on any atom is 0.343 e. The largest absolute Gasteiger partial charge is 0.458 e. The predicted molar refractivity (Wildman–Crippen MR) is 137 cm³/mol. The number of pyridine rings is 2. The van der Waals surface area contributed by atoms with Crippen molar-refractivity contribution in [2.45, 2.75) is 57.9 Å². The van der Waals surface area contributed by atoms with Crippen LogP contribution in [0.25, 0.3) is 22.3 Å². The fraction of sp³-hybridized carbons (Fsp3) is 0.357. The standard InChI is InChI=1S/C28H27FN4O5/c1-4-28(37)17-8-21-25-15(11-33(21)26(35)16(17)12-38-27(28)36)24-19(31-22(34)10-30-5-2)7-6-14-13(3)18(29)9-20(32-25)23(14)24/h5,8-9,19,30,37H,2,4,6-7,10-12H2,1,3H3,(H,31,34)/t19-,28-/m0/s1. The van der Waals surface area contributed by atoms with Crippen LogP contribution < -0.4 is 16.2 Å². The van der Waals surface area contributed by atoms with Gasteiger partial charge >= 0.3 is 5.97 Å². The Kier molecular flexibility index (Phi) is 5.43. The van der Waals surface area contributed by atoms with Crippen LogP contribution in [0.15, 0.2) is 29.7 Å². The molecule has 10 heteroatoms. The van der Waals surface area contributed by atoms with E-state index in [2.05, 4.69) is 17.2 Å². The second-order valence-electron chi connectivity index (χ2n) is 10.1. The highest BCUT2D eigenvalue weighted by atomic mass is 19.1. The first kappa shape index (κ1) is 24.3. The summed E-state index contributed by atoms with van der Waals surface area (Å²) in [5.41, 5.74) is 2.45. The zero-order valence-corrected chi connectivity index (χ0v) is 21.1. The van der Waals surface area contributed by atoms with Crippen LogP contribution in [-0.2, 0) is 39.5 Å². The van der Waals surface area contributed by atoms with Crippen LogP contribution in [0.3, 0.4) is 0 Å². The molecule has 3 N–H and O–H groups in total. The van der Waals surface area contributed by atoms with Crippen LogP contribution >= 0.6 is 0 Å². The van der Waals surface area contributed by atoms with Crippen molar-refractivity contribution >= 4 is 22.8 Å². The molecule has 38 heavy (non-hydrogen) atoms. The minimum atomic E-state index is -1.94. The molecule has 0 bridgehead atoms. The molecule has 2 aliphatic heterocycles. The quantitative estimate of drug-likeness (QED) is 0.347. The summed E-state index contributed by atoms with van der Waals surface area (Å²) in [7, 11) is 0. The van der Waals surface area contributed by atoms with E-state index in [1.54, 1.807) is 24.5 Å². The number of hydrogen-bond acceptors (Lipinski definition) is 7. The zero-order chi connectivity index (χ0) is 26.9. The van der Waals surface area contributed by atoms with Gasteiger partial charge in [-0.1, -0.05) is 13.5 Å². The normalized spacial score (nSPS) is 20.8. The summed E-state index contributed by atoms with van der Waals surface area (Å²) < 4.78 is 21.7. The van der Waals surface area contributed by atoms with Crippen LogP contribution in [0.4, 0.5) is 4.39 Å².